The molecule has 0 amide bonds. The van der Waals surface area contributed by atoms with Gasteiger partial charge in [-0.2, -0.15) is 0 Å². The molecule has 1 fully saturated rings. The van der Waals surface area contributed by atoms with Gasteiger partial charge in [-0.3, -0.25) is 0 Å². The molecule has 1 aromatic heterocycles. The second-order valence-electron chi connectivity index (χ2n) is 4.55. The minimum Gasteiger partial charge on any atom is -0.508 e. The van der Waals surface area contributed by atoms with E-state index in [4.69, 9.17) is 4.74 Å². The van der Waals surface area contributed by atoms with Crippen LogP contribution in [0.5, 0.6) is 17.2 Å². The molecular formula is C14H16N4O2. The van der Waals surface area contributed by atoms with Gasteiger partial charge in [-0.15, -0.1) is 0 Å². The highest BCUT2D eigenvalue weighted by Gasteiger charge is 2.12. The predicted molar refractivity (Wildman–Crippen MR) is 75.3 cm³/mol. The molecule has 104 valence electrons. The average Bonchev–Trinajstić information content (AvgIpc) is 2.51. The summed E-state index contributed by atoms with van der Waals surface area (Å²) in [4.78, 5) is 10.8. The van der Waals surface area contributed by atoms with Crippen LogP contribution < -0.4 is 15.0 Å². The Morgan fingerprint density at radius 3 is 2.30 bits per heavy atom. The van der Waals surface area contributed by atoms with Crippen molar-refractivity contribution in [1.82, 2.24) is 15.3 Å². The number of phenolic OH excluding ortho intramolecular Hbond substituents is 1. The van der Waals surface area contributed by atoms with Crippen LogP contribution in [-0.4, -0.2) is 41.3 Å². The van der Waals surface area contributed by atoms with E-state index in [9.17, 15) is 5.11 Å². The quantitative estimate of drug-likeness (QED) is 0.879. The molecule has 6 heteroatoms. The van der Waals surface area contributed by atoms with Crippen molar-refractivity contribution in [2.45, 2.75) is 0 Å². The molecular weight excluding hydrogens is 256 g/mol. The molecule has 0 saturated carbocycles. The molecule has 1 aliphatic heterocycles. The molecule has 0 bridgehead atoms. The van der Waals surface area contributed by atoms with Gasteiger partial charge < -0.3 is 20.1 Å². The van der Waals surface area contributed by atoms with Gasteiger partial charge in [-0.1, -0.05) is 0 Å². The highest BCUT2D eigenvalue weighted by atomic mass is 16.5. The highest BCUT2D eigenvalue weighted by Crippen LogP contribution is 2.22. The Labute approximate surface area is 117 Å². The van der Waals surface area contributed by atoms with E-state index < -0.39 is 0 Å². The maximum Gasteiger partial charge on any atom is 0.225 e. The molecule has 1 saturated heterocycles. The van der Waals surface area contributed by atoms with E-state index in [0.717, 1.165) is 32.1 Å². The normalized spacial score (nSPS) is 15.1. The van der Waals surface area contributed by atoms with Crippen molar-refractivity contribution >= 4 is 5.95 Å². The van der Waals surface area contributed by atoms with E-state index in [1.165, 1.54) is 0 Å². The summed E-state index contributed by atoms with van der Waals surface area (Å²) in [5, 5.41) is 12.5. The number of aromatic hydroxyl groups is 1. The van der Waals surface area contributed by atoms with Crippen LogP contribution in [0.1, 0.15) is 0 Å². The standard InChI is InChI=1S/C14H16N4O2/c19-11-1-3-12(4-2-11)20-13-9-16-14(17-10-13)18-7-5-15-6-8-18/h1-4,9-10,15,19H,5-8H2. The van der Waals surface area contributed by atoms with Crippen molar-refractivity contribution in [3.63, 3.8) is 0 Å². The minimum atomic E-state index is 0.211. The first-order valence-electron chi connectivity index (χ1n) is 6.56. The summed E-state index contributed by atoms with van der Waals surface area (Å²) in [5.41, 5.74) is 0. The molecule has 0 radical (unpaired) electrons. The summed E-state index contributed by atoms with van der Waals surface area (Å²) in [7, 11) is 0. The molecule has 20 heavy (non-hydrogen) atoms. The van der Waals surface area contributed by atoms with Crippen molar-refractivity contribution < 1.29 is 9.84 Å². The lowest BCUT2D eigenvalue weighted by molar-refractivity contribution is 0.462. The number of anilines is 1. The van der Waals surface area contributed by atoms with Gasteiger partial charge in [0.15, 0.2) is 5.75 Å². The number of hydrogen-bond acceptors (Lipinski definition) is 6. The number of nitrogens with one attached hydrogen (secondary N) is 1. The summed E-state index contributed by atoms with van der Waals surface area (Å²) in [6.07, 6.45) is 3.33. The summed E-state index contributed by atoms with van der Waals surface area (Å²) in [6, 6.07) is 6.54. The summed E-state index contributed by atoms with van der Waals surface area (Å²) in [6.45, 7) is 3.74. The Balaban J connectivity index is 1.67. The smallest absolute Gasteiger partial charge is 0.225 e. The van der Waals surface area contributed by atoms with Gasteiger partial charge in [0.1, 0.15) is 11.5 Å². The van der Waals surface area contributed by atoms with Crippen molar-refractivity contribution in [1.29, 1.82) is 0 Å². The van der Waals surface area contributed by atoms with E-state index in [1.807, 2.05) is 0 Å². The maximum atomic E-state index is 9.21. The molecule has 6 nitrogen and oxygen atoms in total. The number of ether oxygens (including phenoxy) is 1. The first-order valence-corrected chi connectivity index (χ1v) is 6.56. The van der Waals surface area contributed by atoms with E-state index >= 15 is 0 Å². The molecule has 1 aromatic carbocycles. The number of hydrogen-bond donors (Lipinski definition) is 2. The number of phenols is 1. The van der Waals surface area contributed by atoms with E-state index in [0.29, 0.717) is 11.5 Å². The number of benzene rings is 1. The van der Waals surface area contributed by atoms with Crippen LogP contribution in [0, 0.1) is 0 Å². The lowest BCUT2D eigenvalue weighted by Crippen LogP contribution is -2.44. The molecule has 2 heterocycles. The third kappa shape index (κ3) is 2.97. The Bertz CT molecular complexity index is 550. The summed E-state index contributed by atoms with van der Waals surface area (Å²) >= 11 is 0. The zero-order chi connectivity index (χ0) is 13.8. The van der Waals surface area contributed by atoms with Crippen LogP contribution >= 0.6 is 0 Å². The second-order valence-corrected chi connectivity index (χ2v) is 4.55. The number of rotatable bonds is 3. The van der Waals surface area contributed by atoms with Gasteiger partial charge in [0.05, 0.1) is 12.4 Å². The minimum absolute atomic E-state index is 0.211. The fourth-order valence-electron chi connectivity index (χ4n) is 2.04. The van der Waals surface area contributed by atoms with Crippen molar-refractivity contribution in [2.24, 2.45) is 0 Å². The molecule has 0 spiro atoms. The van der Waals surface area contributed by atoms with Crippen LogP contribution in [0.2, 0.25) is 0 Å². The largest absolute Gasteiger partial charge is 0.508 e. The van der Waals surface area contributed by atoms with E-state index in [2.05, 4.69) is 20.2 Å². The Morgan fingerprint density at radius 1 is 1.00 bits per heavy atom. The van der Waals surface area contributed by atoms with Crippen molar-refractivity contribution in [2.75, 3.05) is 31.1 Å². The van der Waals surface area contributed by atoms with Gasteiger partial charge >= 0.3 is 0 Å². The zero-order valence-electron chi connectivity index (χ0n) is 11.0. The van der Waals surface area contributed by atoms with Crippen LogP contribution in [0.25, 0.3) is 0 Å². The third-order valence-electron chi connectivity index (χ3n) is 3.09. The number of nitrogens with zero attached hydrogens (tertiary/aromatic N) is 3. The fraction of sp³-hybridized carbons (Fsp3) is 0.286. The Morgan fingerprint density at radius 2 is 1.65 bits per heavy atom. The summed E-state index contributed by atoms with van der Waals surface area (Å²) < 4.78 is 5.61. The average molecular weight is 272 g/mol. The first-order chi connectivity index (χ1) is 9.81. The Hall–Kier alpha value is -2.34. The lowest BCUT2D eigenvalue weighted by atomic mass is 10.3. The van der Waals surface area contributed by atoms with Crippen molar-refractivity contribution in [3.05, 3.63) is 36.7 Å². The van der Waals surface area contributed by atoms with E-state index in [1.54, 1.807) is 36.7 Å². The topological polar surface area (TPSA) is 70.5 Å². The summed E-state index contributed by atoms with van der Waals surface area (Å²) in [5.74, 6) is 2.16. The van der Waals surface area contributed by atoms with Gasteiger partial charge in [0, 0.05) is 26.2 Å². The molecule has 1 aliphatic rings. The predicted octanol–water partition coefficient (Wildman–Crippen LogP) is 1.38. The second kappa shape index (κ2) is 5.75. The SMILES string of the molecule is Oc1ccc(Oc2cnc(N3CCNCC3)nc2)cc1. The number of aromatic nitrogens is 2. The van der Waals surface area contributed by atoms with Gasteiger partial charge in [-0.25, -0.2) is 9.97 Å². The van der Waals surface area contributed by atoms with Crippen LogP contribution in [-0.2, 0) is 0 Å². The van der Waals surface area contributed by atoms with Crippen LogP contribution in [0.3, 0.4) is 0 Å². The molecule has 0 atom stereocenters. The van der Waals surface area contributed by atoms with Gasteiger partial charge in [0.2, 0.25) is 5.95 Å². The first kappa shape index (κ1) is 12.7. The zero-order valence-corrected chi connectivity index (χ0v) is 11.0. The van der Waals surface area contributed by atoms with Crippen LogP contribution in [0.4, 0.5) is 5.95 Å². The monoisotopic (exact) mass is 272 g/mol. The van der Waals surface area contributed by atoms with Gasteiger partial charge in [0.25, 0.3) is 0 Å². The molecule has 0 aliphatic carbocycles. The maximum absolute atomic E-state index is 9.21. The fourth-order valence-corrected chi connectivity index (χ4v) is 2.04. The van der Waals surface area contributed by atoms with E-state index in [-0.39, 0.29) is 5.75 Å². The van der Waals surface area contributed by atoms with Crippen molar-refractivity contribution in [3.8, 4) is 17.2 Å². The molecule has 2 N–H and O–H groups in total. The number of piperazine rings is 1. The highest BCUT2D eigenvalue weighted by molar-refractivity contribution is 5.36. The van der Waals surface area contributed by atoms with Gasteiger partial charge in [-0.05, 0) is 24.3 Å². The molecule has 2 aromatic rings. The lowest BCUT2D eigenvalue weighted by Gasteiger charge is -2.27. The molecule has 3 rings (SSSR count). The Kier molecular flexibility index (Phi) is 3.64. The van der Waals surface area contributed by atoms with Crippen LogP contribution in [0.15, 0.2) is 36.7 Å². The third-order valence-corrected chi connectivity index (χ3v) is 3.09. The molecule has 0 unspecified atom stereocenters.